The predicted molar refractivity (Wildman–Crippen MR) is 81.8 cm³/mol. The van der Waals surface area contributed by atoms with Crippen LogP contribution in [-0.2, 0) is 12.8 Å². The number of ether oxygens (including phenoxy) is 1. The molecule has 0 aliphatic heterocycles. The van der Waals surface area contributed by atoms with Crippen molar-refractivity contribution in [3.05, 3.63) is 51.5 Å². The van der Waals surface area contributed by atoms with Gasteiger partial charge in [-0.3, -0.25) is 0 Å². The first-order chi connectivity index (χ1) is 9.13. The fourth-order valence-electron chi connectivity index (χ4n) is 2.49. The Morgan fingerprint density at radius 2 is 1.89 bits per heavy atom. The Bertz CT molecular complexity index is 637. The highest BCUT2D eigenvalue weighted by Crippen LogP contribution is 2.35. The smallest absolute Gasteiger partial charge is 0.142 e. The van der Waals surface area contributed by atoms with E-state index in [0.717, 1.165) is 33.6 Å². The number of aryl methyl sites for hydroxylation is 3. The van der Waals surface area contributed by atoms with Crippen molar-refractivity contribution < 1.29 is 4.74 Å². The van der Waals surface area contributed by atoms with Gasteiger partial charge in [0.25, 0.3) is 0 Å². The largest absolute Gasteiger partial charge is 0.456 e. The number of hydrogen-bond acceptors (Lipinski definition) is 2. The second-order valence-electron chi connectivity index (χ2n) is 5.03. The third kappa shape index (κ3) is 2.47. The van der Waals surface area contributed by atoms with Crippen molar-refractivity contribution in [2.24, 2.45) is 0 Å². The topological polar surface area (TPSA) is 35.2 Å². The molecule has 0 bridgehead atoms. The van der Waals surface area contributed by atoms with E-state index in [-0.39, 0.29) is 0 Å². The van der Waals surface area contributed by atoms with Crippen LogP contribution in [0, 0.1) is 6.92 Å². The number of nitrogen functional groups attached to an aromatic ring is 1. The summed E-state index contributed by atoms with van der Waals surface area (Å²) in [5.74, 6) is 1.70. The van der Waals surface area contributed by atoms with E-state index in [1.54, 1.807) is 0 Å². The highest BCUT2D eigenvalue weighted by molar-refractivity contribution is 9.10. The molecule has 0 fully saturated rings. The molecule has 3 rings (SSSR count). The normalized spacial score (nSPS) is 13.4. The van der Waals surface area contributed by atoms with Crippen molar-refractivity contribution >= 4 is 21.6 Å². The molecule has 0 saturated carbocycles. The molecule has 2 aromatic rings. The molecule has 0 radical (unpaired) electrons. The zero-order chi connectivity index (χ0) is 13.4. The van der Waals surface area contributed by atoms with Crippen LogP contribution < -0.4 is 10.5 Å². The number of rotatable bonds is 2. The monoisotopic (exact) mass is 317 g/mol. The summed E-state index contributed by atoms with van der Waals surface area (Å²) < 4.78 is 6.85. The molecule has 98 valence electrons. The van der Waals surface area contributed by atoms with Crippen molar-refractivity contribution in [2.45, 2.75) is 26.2 Å². The van der Waals surface area contributed by atoms with Crippen molar-refractivity contribution in [1.29, 1.82) is 0 Å². The van der Waals surface area contributed by atoms with E-state index >= 15 is 0 Å². The van der Waals surface area contributed by atoms with Gasteiger partial charge in [-0.2, -0.15) is 0 Å². The van der Waals surface area contributed by atoms with Crippen LogP contribution in [0.1, 0.15) is 23.1 Å². The van der Waals surface area contributed by atoms with Crippen LogP contribution in [0.5, 0.6) is 11.5 Å². The summed E-state index contributed by atoms with van der Waals surface area (Å²) in [6.07, 6.45) is 3.61. The second kappa shape index (κ2) is 4.89. The molecule has 0 unspecified atom stereocenters. The molecule has 0 amide bonds. The van der Waals surface area contributed by atoms with Gasteiger partial charge >= 0.3 is 0 Å². The number of fused-ring (bicyclic) bond motifs is 1. The molecule has 0 heterocycles. The number of hydrogen-bond donors (Lipinski definition) is 1. The lowest BCUT2D eigenvalue weighted by atomic mass is 10.1. The first-order valence-corrected chi connectivity index (χ1v) is 7.28. The maximum absolute atomic E-state index is 5.97. The second-order valence-corrected chi connectivity index (χ2v) is 5.88. The fourth-order valence-corrected chi connectivity index (χ4v) is 2.93. The standard InChI is InChI=1S/C16H16BrNO/c1-10-7-16(14(17)9-15(10)18)19-13-6-5-11-3-2-4-12(11)8-13/h5-9H,2-4,18H2,1H3. The van der Waals surface area contributed by atoms with Gasteiger partial charge in [0.05, 0.1) is 4.47 Å². The van der Waals surface area contributed by atoms with Crippen LogP contribution in [0.3, 0.4) is 0 Å². The van der Waals surface area contributed by atoms with E-state index in [9.17, 15) is 0 Å². The van der Waals surface area contributed by atoms with Gasteiger partial charge in [-0.15, -0.1) is 0 Å². The highest BCUT2D eigenvalue weighted by atomic mass is 79.9. The van der Waals surface area contributed by atoms with Crippen LogP contribution in [0.2, 0.25) is 0 Å². The van der Waals surface area contributed by atoms with Gasteiger partial charge in [0.2, 0.25) is 0 Å². The molecule has 0 saturated heterocycles. The minimum Gasteiger partial charge on any atom is -0.456 e. The Balaban J connectivity index is 1.91. The minimum atomic E-state index is 0.771. The van der Waals surface area contributed by atoms with E-state index in [1.807, 2.05) is 25.1 Å². The SMILES string of the molecule is Cc1cc(Oc2ccc3c(c2)CCC3)c(Br)cc1N. The molecular formula is C16H16BrNO. The molecule has 2 N–H and O–H groups in total. The minimum absolute atomic E-state index is 0.771. The maximum Gasteiger partial charge on any atom is 0.142 e. The first-order valence-electron chi connectivity index (χ1n) is 6.49. The van der Waals surface area contributed by atoms with Gasteiger partial charge < -0.3 is 10.5 Å². The lowest BCUT2D eigenvalue weighted by molar-refractivity contribution is 0.478. The Morgan fingerprint density at radius 3 is 2.74 bits per heavy atom. The van der Waals surface area contributed by atoms with E-state index < -0.39 is 0 Å². The summed E-state index contributed by atoms with van der Waals surface area (Å²) in [5.41, 5.74) is 10.5. The van der Waals surface area contributed by atoms with E-state index in [4.69, 9.17) is 10.5 Å². The van der Waals surface area contributed by atoms with Gasteiger partial charge in [-0.25, -0.2) is 0 Å². The highest BCUT2D eigenvalue weighted by Gasteiger charge is 2.12. The number of benzene rings is 2. The summed E-state index contributed by atoms with van der Waals surface area (Å²) in [6.45, 7) is 1.98. The zero-order valence-corrected chi connectivity index (χ0v) is 12.5. The summed E-state index contributed by atoms with van der Waals surface area (Å²) >= 11 is 3.50. The Labute approximate surface area is 121 Å². The molecule has 2 nitrogen and oxygen atoms in total. The zero-order valence-electron chi connectivity index (χ0n) is 10.9. The van der Waals surface area contributed by atoms with Crippen LogP contribution in [-0.4, -0.2) is 0 Å². The fraction of sp³-hybridized carbons (Fsp3) is 0.250. The summed E-state index contributed by atoms with van der Waals surface area (Å²) in [7, 11) is 0. The van der Waals surface area contributed by atoms with Crippen molar-refractivity contribution in [1.82, 2.24) is 0 Å². The van der Waals surface area contributed by atoms with E-state index in [2.05, 4.69) is 28.1 Å². The van der Waals surface area contributed by atoms with Crippen LogP contribution in [0.15, 0.2) is 34.8 Å². The van der Waals surface area contributed by atoms with Gasteiger partial charge in [-0.1, -0.05) is 6.07 Å². The summed E-state index contributed by atoms with van der Waals surface area (Å²) in [4.78, 5) is 0. The quantitative estimate of drug-likeness (QED) is 0.820. The van der Waals surface area contributed by atoms with E-state index in [1.165, 1.54) is 24.0 Å². The average molecular weight is 318 g/mol. The lowest BCUT2D eigenvalue weighted by Crippen LogP contribution is -1.93. The van der Waals surface area contributed by atoms with Crippen LogP contribution in [0.25, 0.3) is 0 Å². The van der Waals surface area contributed by atoms with Gasteiger partial charge in [0.1, 0.15) is 11.5 Å². The molecule has 1 aliphatic carbocycles. The van der Waals surface area contributed by atoms with Gasteiger partial charge in [-0.05, 0) is 83.1 Å². The van der Waals surface area contributed by atoms with Crippen molar-refractivity contribution in [3.8, 4) is 11.5 Å². The van der Waals surface area contributed by atoms with Crippen molar-refractivity contribution in [2.75, 3.05) is 5.73 Å². The predicted octanol–water partition coefficient (Wildman–Crippen LogP) is 4.62. The van der Waals surface area contributed by atoms with Crippen LogP contribution in [0.4, 0.5) is 5.69 Å². The number of halogens is 1. The van der Waals surface area contributed by atoms with Crippen LogP contribution >= 0.6 is 15.9 Å². The molecular weight excluding hydrogens is 302 g/mol. The Morgan fingerprint density at radius 1 is 1.11 bits per heavy atom. The molecule has 3 heteroatoms. The van der Waals surface area contributed by atoms with Gasteiger partial charge in [0.15, 0.2) is 0 Å². The molecule has 0 aromatic heterocycles. The maximum atomic E-state index is 5.97. The third-order valence-corrected chi connectivity index (χ3v) is 4.24. The van der Waals surface area contributed by atoms with Gasteiger partial charge in [0, 0.05) is 5.69 Å². The Hall–Kier alpha value is -1.48. The van der Waals surface area contributed by atoms with E-state index in [0.29, 0.717) is 0 Å². The molecule has 0 atom stereocenters. The molecule has 0 spiro atoms. The summed E-state index contributed by atoms with van der Waals surface area (Å²) in [5, 5.41) is 0. The first kappa shape index (κ1) is 12.5. The third-order valence-electron chi connectivity index (χ3n) is 3.62. The molecule has 2 aromatic carbocycles. The lowest BCUT2D eigenvalue weighted by Gasteiger charge is -2.11. The number of anilines is 1. The molecule has 1 aliphatic rings. The average Bonchev–Trinajstić information content (AvgIpc) is 2.83. The Kier molecular flexibility index (Phi) is 3.23. The molecule has 19 heavy (non-hydrogen) atoms. The van der Waals surface area contributed by atoms with Crippen molar-refractivity contribution in [3.63, 3.8) is 0 Å². The number of nitrogens with two attached hydrogens (primary N) is 1. The summed E-state index contributed by atoms with van der Waals surface area (Å²) in [6, 6.07) is 10.2.